The summed E-state index contributed by atoms with van der Waals surface area (Å²) in [5.74, 6) is 0.147. The molecule has 0 aliphatic carbocycles. The molecule has 0 saturated heterocycles. The first-order chi connectivity index (χ1) is 7.58. The quantitative estimate of drug-likeness (QED) is 0.862. The van der Waals surface area contributed by atoms with Gasteiger partial charge in [0.2, 0.25) is 0 Å². The number of benzene rings is 1. The molecule has 0 saturated carbocycles. The standard InChI is InChI=1S/C11H15BrN2O2/c1-2-10(11(14)15)16-8-3-4-9(12)7(5-8)6-13/h3-5,10H,2,6,13H2,1H3,(H2,14,15). The molecule has 5 heteroatoms. The van der Waals surface area contributed by atoms with Crippen molar-refractivity contribution >= 4 is 21.8 Å². The van der Waals surface area contributed by atoms with E-state index in [-0.39, 0.29) is 0 Å². The molecule has 1 unspecified atom stereocenters. The fourth-order valence-electron chi connectivity index (χ4n) is 1.29. The van der Waals surface area contributed by atoms with Gasteiger partial charge in [-0.15, -0.1) is 0 Å². The minimum atomic E-state index is -0.591. The van der Waals surface area contributed by atoms with Crippen LogP contribution in [0.25, 0.3) is 0 Å². The number of nitrogens with two attached hydrogens (primary N) is 2. The molecule has 0 bridgehead atoms. The smallest absolute Gasteiger partial charge is 0.258 e. The first-order valence-electron chi connectivity index (χ1n) is 5.03. The van der Waals surface area contributed by atoms with E-state index in [9.17, 15) is 4.79 Å². The lowest BCUT2D eigenvalue weighted by Gasteiger charge is -2.15. The van der Waals surface area contributed by atoms with Gasteiger partial charge in [-0.3, -0.25) is 4.79 Å². The molecule has 1 amide bonds. The van der Waals surface area contributed by atoms with Gasteiger partial charge in [0.1, 0.15) is 5.75 Å². The van der Waals surface area contributed by atoms with Crippen LogP contribution in [0.3, 0.4) is 0 Å². The minimum absolute atomic E-state index is 0.408. The van der Waals surface area contributed by atoms with Crippen molar-refractivity contribution in [1.82, 2.24) is 0 Å². The summed E-state index contributed by atoms with van der Waals surface area (Å²) < 4.78 is 6.40. The van der Waals surface area contributed by atoms with Crippen LogP contribution in [0.2, 0.25) is 0 Å². The molecule has 88 valence electrons. The van der Waals surface area contributed by atoms with Crippen LogP contribution in [0.15, 0.2) is 22.7 Å². The second kappa shape index (κ2) is 5.86. The summed E-state index contributed by atoms with van der Waals surface area (Å²) >= 11 is 3.38. The van der Waals surface area contributed by atoms with E-state index in [1.54, 1.807) is 12.1 Å². The third-order valence-corrected chi connectivity index (χ3v) is 2.98. The van der Waals surface area contributed by atoms with Gasteiger partial charge < -0.3 is 16.2 Å². The predicted octanol–water partition coefficient (Wildman–Crippen LogP) is 1.55. The Morgan fingerprint density at radius 1 is 1.56 bits per heavy atom. The number of primary amides is 1. The van der Waals surface area contributed by atoms with Gasteiger partial charge in [-0.1, -0.05) is 22.9 Å². The fourth-order valence-corrected chi connectivity index (χ4v) is 1.70. The van der Waals surface area contributed by atoms with Gasteiger partial charge in [-0.05, 0) is 30.2 Å². The van der Waals surface area contributed by atoms with Crippen LogP contribution in [0, 0.1) is 0 Å². The lowest BCUT2D eigenvalue weighted by Crippen LogP contribution is -2.33. The normalized spacial score (nSPS) is 12.2. The Kier molecular flexibility index (Phi) is 4.76. The molecule has 0 fully saturated rings. The number of halogens is 1. The average molecular weight is 287 g/mol. The third-order valence-electron chi connectivity index (χ3n) is 2.20. The molecule has 0 aliphatic rings. The number of carbonyl (C=O) groups is 1. The summed E-state index contributed by atoms with van der Waals surface area (Å²) in [6.45, 7) is 2.25. The maximum atomic E-state index is 11.0. The number of ether oxygens (including phenoxy) is 1. The molecule has 0 radical (unpaired) electrons. The largest absolute Gasteiger partial charge is 0.481 e. The number of hydrogen-bond donors (Lipinski definition) is 2. The molecular formula is C11H15BrN2O2. The number of carbonyl (C=O) groups excluding carboxylic acids is 1. The van der Waals surface area contributed by atoms with Gasteiger partial charge in [-0.2, -0.15) is 0 Å². The molecule has 1 aromatic carbocycles. The molecule has 1 aromatic rings. The Morgan fingerprint density at radius 3 is 2.75 bits per heavy atom. The van der Waals surface area contributed by atoms with Crippen molar-refractivity contribution in [3.63, 3.8) is 0 Å². The molecule has 1 atom stereocenters. The van der Waals surface area contributed by atoms with E-state index in [4.69, 9.17) is 16.2 Å². The van der Waals surface area contributed by atoms with Crippen LogP contribution in [-0.4, -0.2) is 12.0 Å². The van der Waals surface area contributed by atoms with E-state index in [1.165, 1.54) is 0 Å². The molecule has 4 N–H and O–H groups in total. The van der Waals surface area contributed by atoms with Gasteiger partial charge in [0.25, 0.3) is 5.91 Å². The van der Waals surface area contributed by atoms with E-state index < -0.39 is 12.0 Å². The van der Waals surface area contributed by atoms with Crippen molar-refractivity contribution in [2.75, 3.05) is 0 Å². The zero-order chi connectivity index (χ0) is 12.1. The Hall–Kier alpha value is -1.07. The highest BCUT2D eigenvalue weighted by Gasteiger charge is 2.14. The van der Waals surface area contributed by atoms with Crippen LogP contribution in [0.5, 0.6) is 5.75 Å². The zero-order valence-electron chi connectivity index (χ0n) is 9.07. The van der Waals surface area contributed by atoms with Crippen molar-refractivity contribution in [1.29, 1.82) is 0 Å². The molecule has 1 rings (SSSR count). The third kappa shape index (κ3) is 3.21. The summed E-state index contributed by atoms with van der Waals surface area (Å²) in [5, 5.41) is 0. The van der Waals surface area contributed by atoms with Crippen molar-refractivity contribution in [2.24, 2.45) is 11.5 Å². The van der Waals surface area contributed by atoms with Gasteiger partial charge >= 0.3 is 0 Å². The van der Waals surface area contributed by atoms with Crippen molar-refractivity contribution < 1.29 is 9.53 Å². The lowest BCUT2D eigenvalue weighted by molar-refractivity contribution is -0.124. The van der Waals surface area contributed by atoms with Gasteiger partial charge in [0.05, 0.1) is 0 Å². The average Bonchev–Trinajstić information content (AvgIpc) is 2.27. The Balaban J connectivity index is 2.84. The van der Waals surface area contributed by atoms with Gasteiger partial charge in [0, 0.05) is 11.0 Å². The van der Waals surface area contributed by atoms with Crippen LogP contribution in [-0.2, 0) is 11.3 Å². The summed E-state index contributed by atoms with van der Waals surface area (Å²) in [5.41, 5.74) is 11.7. The number of rotatable bonds is 5. The van der Waals surface area contributed by atoms with Crippen molar-refractivity contribution in [2.45, 2.75) is 26.0 Å². The maximum Gasteiger partial charge on any atom is 0.258 e. The first kappa shape index (κ1) is 13.0. The lowest BCUT2D eigenvalue weighted by atomic mass is 10.2. The second-order valence-electron chi connectivity index (χ2n) is 3.37. The predicted molar refractivity (Wildman–Crippen MR) is 65.9 cm³/mol. The Bertz CT molecular complexity index is 382. The van der Waals surface area contributed by atoms with E-state index in [1.807, 2.05) is 13.0 Å². The van der Waals surface area contributed by atoms with Gasteiger partial charge in [0.15, 0.2) is 6.10 Å². The molecule has 16 heavy (non-hydrogen) atoms. The van der Waals surface area contributed by atoms with Crippen LogP contribution >= 0.6 is 15.9 Å². The Labute approximate surface area is 103 Å². The van der Waals surface area contributed by atoms with Crippen molar-refractivity contribution in [3.8, 4) is 5.75 Å². The molecule has 0 heterocycles. The van der Waals surface area contributed by atoms with E-state index >= 15 is 0 Å². The second-order valence-corrected chi connectivity index (χ2v) is 4.23. The summed E-state index contributed by atoms with van der Waals surface area (Å²) in [7, 11) is 0. The molecule has 4 nitrogen and oxygen atoms in total. The highest BCUT2D eigenvalue weighted by molar-refractivity contribution is 9.10. The molecule has 0 aliphatic heterocycles. The summed E-state index contributed by atoms with van der Waals surface area (Å²) in [6.07, 6.45) is -0.0459. The highest BCUT2D eigenvalue weighted by Crippen LogP contribution is 2.23. The van der Waals surface area contributed by atoms with E-state index in [0.717, 1.165) is 10.0 Å². The number of amides is 1. The summed E-state index contributed by atoms with van der Waals surface area (Å²) in [6, 6.07) is 5.41. The van der Waals surface area contributed by atoms with Gasteiger partial charge in [-0.25, -0.2) is 0 Å². The number of hydrogen-bond acceptors (Lipinski definition) is 3. The minimum Gasteiger partial charge on any atom is -0.481 e. The van der Waals surface area contributed by atoms with Crippen LogP contribution in [0.4, 0.5) is 0 Å². The van der Waals surface area contributed by atoms with Crippen LogP contribution in [0.1, 0.15) is 18.9 Å². The molecular weight excluding hydrogens is 272 g/mol. The fraction of sp³-hybridized carbons (Fsp3) is 0.364. The summed E-state index contributed by atoms with van der Waals surface area (Å²) in [4.78, 5) is 11.0. The highest BCUT2D eigenvalue weighted by atomic mass is 79.9. The Morgan fingerprint density at radius 2 is 2.25 bits per heavy atom. The van der Waals surface area contributed by atoms with Crippen molar-refractivity contribution in [3.05, 3.63) is 28.2 Å². The van der Waals surface area contributed by atoms with E-state index in [2.05, 4.69) is 15.9 Å². The molecule has 0 aromatic heterocycles. The van der Waals surface area contributed by atoms with Crippen LogP contribution < -0.4 is 16.2 Å². The first-order valence-corrected chi connectivity index (χ1v) is 5.82. The SMILES string of the molecule is CCC(Oc1ccc(Br)c(CN)c1)C(N)=O. The maximum absolute atomic E-state index is 11.0. The zero-order valence-corrected chi connectivity index (χ0v) is 10.7. The van der Waals surface area contributed by atoms with E-state index in [0.29, 0.717) is 18.7 Å². The topological polar surface area (TPSA) is 78.3 Å². The molecule has 0 spiro atoms. The monoisotopic (exact) mass is 286 g/mol.